The molecule has 1 amide bonds. The van der Waals surface area contributed by atoms with Crippen LogP contribution >= 0.6 is 0 Å². The van der Waals surface area contributed by atoms with E-state index in [-0.39, 0.29) is 6.42 Å². The number of nitrogens with one attached hydrogen (secondary N) is 1. The van der Waals surface area contributed by atoms with Crippen LogP contribution in [0, 0.1) is 11.6 Å². The van der Waals surface area contributed by atoms with Gasteiger partial charge in [-0.15, -0.1) is 0 Å². The average molecular weight is 284 g/mol. The van der Waals surface area contributed by atoms with Crippen molar-refractivity contribution in [2.75, 3.05) is 0 Å². The van der Waals surface area contributed by atoms with E-state index in [2.05, 4.69) is 5.32 Å². The summed E-state index contributed by atoms with van der Waals surface area (Å²) in [5.41, 5.74) is 5.60. The third kappa shape index (κ3) is 3.66. The van der Waals surface area contributed by atoms with Crippen LogP contribution in [0.2, 0.25) is 0 Å². The topological polar surface area (TPSA) is 64.3 Å². The summed E-state index contributed by atoms with van der Waals surface area (Å²) in [6.07, 6.45) is 1.42. The molecule has 1 unspecified atom stereocenters. The lowest BCUT2D eigenvalue weighted by Gasteiger charge is -2.16. The first kappa shape index (κ1) is 14.7. The molecular formula is C14H18F2N2O2. The fourth-order valence-electron chi connectivity index (χ4n) is 1.86. The molecule has 1 saturated carbocycles. The number of rotatable bonds is 7. The van der Waals surface area contributed by atoms with Gasteiger partial charge in [0.1, 0.15) is 0 Å². The number of hydrogen-bond acceptors (Lipinski definition) is 3. The van der Waals surface area contributed by atoms with Gasteiger partial charge in [0, 0.05) is 12.6 Å². The molecule has 1 aliphatic rings. The normalized spacial score (nSPS) is 15.9. The molecule has 110 valence electrons. The van der Waals surface area contributed by atoms with Crippen molar-refractivity contribution in [3.05, 3.63) is 29.3 Å². The number of carbonyl (C=O) groups is 1. The predicted molar refractivity (Wildman–Crippen MR) is 70.1 cm³/mol. The number of halogens is 2. The fourth-order valence-corrected chi connectivity index (χ4v) is 1.86. The van der Waals surface area contributed by atoms with Crippen molar-refractivity contribution in [1.82, 2.24) is 5.32 Å². The lowest BCUT2D eigenvalue weighted by Crippen LogP contribution is -2.33. The standard InChI is InChI=1S/C14H18F2N2O2/c1-2-12(14(17)19)20-13-10(15)5-8(6-11(13)16)7-18-9-3-4-9/h5-6,9,12,18H,2-4,7H2,1H3,(H2,17,19). The minimum atomic E-state index is -1.03. The minimum absolute atomic E-state index is 0.249. The zero-order chi connectivity index (χ0) is 14.7. The molecule has 0 spiro atoms. The Morgan fingerprint density at radius 1 is 1.45 bits per heavy atom. The van der Waals surface area contributed by atoms with Gasteiger partial charge in [0.15, 0.2) is 23.5 Å². The van der Waals surface area contributed by atoms with Crippen molar-refractivity contribution in [3.8, 4) is 5.75 Å². The highest BCUT2D eigenvalue weighted by Gasteiger charge is 2.22. The quantitative estimate of drug-likeness (QED) is 0.803. The van der Waals surface area contributed by atoms with E-state index in [1.54, 1.807) is 6.92 Å². The Hall–Kier alpha value is -1.69. The van der Waals surface area contributed by atoms with Gasteiger partial charge in [0.05, 0.1) is 0 Å². The molecule has 0 heterocycles. The van der Waals surface area contributed by atoms with Gasteiger partial charge in [-0.1, -0.05) is 6.92 Å². The Bertz CT molecular complexity index is 481. The van der Waals surface area contributed by atoms with Crippen LogP contribution in [0.4, 0.5) is 8.78 Å². The zero-order valence-corrected chi connectivity index (χ0v) is 11.3. The van der Waals surface area contributed by atoms with E-state index in [9.17, 15) is 13.6 Å². The van der Waals surface area contributed by atoms with Crippen LogP contribution in [0.1, 0.15) is 31.7 Å². The average Bonchev–Trinajstić information content (AvgIpc) is 3.19. The molecule has 20 heavy (non-hydrogen) atoms. The smallest absolute Gasteiger partial charge is 0.258 e. The first-order valence-corrected chi connectivity index (χ1v) is 6.68. The third-order valence-corrected chi connectivity index (χ3v) is 3.18. The number of hydrogen-bond donors (Lipinski definition) is 2. The van der Waals surface area contributed by atoms with Crippen LogP contribution in [0.15, 0.2) is 12.1 Å². The van der Waals surface area contributed by atoms with E-state index in [4.69, 9.17) is 10.5 Å². The molecule has 3 N–H and O–H groups in total. The highest BCUT2D eigenvalue weighted by molar-refractivity contribution is 5.79. The molecule has 0 saturated heterocycles. The number of ether oxygens (including phenoxy) is 1. The molecule has 1 aromatic rings. The molecule has 4 nitrogen and oxygen atoms in total. The van der Waals surface area contributed by atoms with Crippen molar-refractivity contribution >= 4 is 5.91 Å². The molecule has 1 atom stereocenters. The van der Waals surface area contributed by atoms with Crippen molar-refractivity contribution in [2.24, 2.45) is 5.73 Å². The Kier molecular flexibility index (Phi) is 4.54. The van der Waals surface area contributed by atoms with Gasteiger partial charge in [-0.05, 0) is 37.0 Å². The maximum Gasteiger partial charge on any atom is 0.258 e. The highest BCUT2D eigenvalue weighted by Crippen LogP contribution is 2.26. The maximum atomic E-state index is 13.9. The van der Waals surface area contributed by atoms with Crippen LogP contribution in [0.25, 0.3) is 0 Å². The van der Waals surface area contributed by atoms with Crippen molar-refractivity contribution in [1.29, 1.82) is 0 Å². The molecule has 1 fully saturated rings. The van der Waals surface area contributed by atoms with Crippen LogP contribution in [0.3, 0.4) is 0 Å². The fraction of sp³-hybridized carbons (Fsp3) is 0.500. The second-order valence-corrected chi connectivity index (χ2v) is 4.96. The van der Waals surface area contributed by atoms with Crippen LogP contribution in [-0.4, -0.2) is 18.1 Å². The largest absolute Gasteiger partial charge is 0.474 e. The Morgan fingerprint density at radius 3 is 2.50 bits per heavy atom. The summed E-state index contributed by atoms with van der Waals surface area (Å²) >= 11 is 0. The molecule has 0 aromatic heterocycles. The van der Waals surface area contributed by atoms with Gasteiger partial charge in [-0.25, -0.2) is 8.78 Å². The molecule has 0 bridgehead atoms. The maximum absolute atomic E-state index is 13.9. The number of benzene rings is 1. The lowest BCUT2D eigenvalue weighted by atomic mass is 10.2. The third-order valence-electron chi connectivity index (χ3n) is 3.18. The van der Waals surface area contributed by atoms with E-state index in [1.807, 2.05) is 0 Å². The number of nitrogens with two attached hydrogens (primary N) is 1. The molecule has 6 heteroatoms. The van der Waals surface area contributed by atoms with E-state index in [1.165, 1.54) is 12.1 Å². The zero-order valence-electron chi connectivity index (χ0n) is 11.3. The van der Waals surface area contributed by atoms with Crippen molar-refractivity contribution in [2.45, 2.75) is 44.9 Å². The second-order valence-electron chi connectivity index (χ2n) is 4.96. The summed E-state index contributed by atoms with van der Waals surface area (Å²) in [6.45, 7) is 2.06. The highest BCUT2D eigenvalue weighted by atomic mass is 19.1. The Balaban J connectivity index is 2.10. The summed E-state index contributed by atoms with van der Waals surface area (Å²) in [4.78, 5) is 11.1. The number of carbonyl (C=O) groups excluding carboxylic acids is 1. The van der Waals surface area contributed by atoms with Crippen LogP contribution in [0.5, 0.6) is 5.75 Å². The molecule has 2 rings (SSSR count). The number of amides is 1. The molecular weight excluding hydrogens is 266 g/mol. The van der Waals surface area contributed by atoms with Gasteiger partial charge >= 0.3 is 0 Å². The predicted octanol–water partition coefficient (Wildman–Crippen LogP) is 1.86. The first-order chi connectivity index (χ1) is 9.51. The van der Waals surface area contributed by atoms with Crippen molar-refractivity contribution in [3.63, 3.8) is 0 Å². The van der Waals surface area contributed by atoms with E-state index < -0.39 is 29.4 Å². The lowest BCUT2D eigenvalue weighted by molar-refractivity contribution is -0.124. The van der Waals surface area contributed by atoms with E-state index >= 15 is 0 Å². The second kappa shape index (κ2) is 6.17. The Labute approximate surface area is 116 Å². The van der Waals surface area contributed by atoms with Crippen LogP contribution < -0.4 is 15.8 Å². The summed E-state index contributed by atoms with van der Waals surface area (Å²) in [5, 5.41) is 3.17. The van der Waals surface area contributed by atoms with Gasteiger partial charge in [-0.3, -0.25) is 4.79 Å². The molecule has 0 radical (unpaired) electrons. The van der Waals surface area contributed by atoms with Gasteiger partial charge < -0.3 is 15.8 Å². The summed E-state index contributed by atoms with van der Waals surface area (Å²) in [6, 6.07) is 2.87. The molecule has 1 aliphatic carbocycles. The van der Waals surface area contributed by atoms with Crippen molar-refractivity contribution < 1.29 is 18.3 Å². The summed E-state index contributed by atoms with van der Waals surface area (Å²) in [7, 11) is 0. The minimum Gasteiger partial charge on any atom is -0.474 e. The monoisotopic (exact) mass is 284 g/mol. The summed E-state index contributed by atoms with van der Waals surface area (Å²) < 4.78 is 32.8. The van der Waals surface area contributed by atoms with E-state index in [0.717, 1.165) is 12.8 Å². The molecule has 1 aromatic carbocycles. The summed E-state index contributed by atoms with van der Waals surface area (Å²) in [5.74, 6) is -2.94. The van der Waals surface area contributed by atoms with Gasteiger partial charge in [-0.2, -0.15) is 0 Å². The number of primary amides is 1. The van der Waals surface area contributed by atoms with Crippen LogP contribution in [-0.2, 0) is 11.3 Å². The SMILES string of the molecule is CCC(Oc1c(F)cc(CNC2CC2)cc1F)C(N)=O. The van der Waals surface area contributed by atoms with Gasteiger partial charge in [0.2, 0.25) is 0 Å². The van der Waals surface area contributed by atoms with E-state index in [0.29, 0.717) is 18.2 Å². The molecule has 0 aliphatic heterocycles. The van der Waals surface area contributed by atoms with Gasteiger partial charge in [0.25, 0.3) is 5.91 Å². The Morgan fingerprint density at radius 2 is 2.05 bits per heavy atom. The first-order valence-electron chi connectivity index (χ1n) is 6.68.